The second-order valence-corrected chi connectivity index (χ2v) is 6.43. The third-order valence-corrected chi connectivity index (χ3v) is 5.15. The molecule has 0 radical (unpaired) electrons. The maximum atomic E-state index is 13.7. The molecule has 1 heterocycles. The Bertz CT molecular complexity index is 612. The summed E-state index contributed by atoms with van der Waals surface area (Å²) in [4.78, 5) is 12.7. The maximum Gasteiger partial charge on any atom is 0.409 e. The summed E-state index contributed by atoms with van der Waals surface area (Å²) in [5.41, 5.74) is 0. The molecule has 0 atom stereocenters. The number of benzene rings is 1. The molecule has 116 valence electrons. The van der Waals surface area contributed by atoms with Crippen molar-refractivity contribution in [3.8, 4) is 0 Å². The highest BCUT2D eigenvalue weighted by Gasteiger charge is 2.32. The highest BCUT2D eigenvalue weighted by atomic mass is 32.2. The molecule has 0 unspecified atom stereocenters. The van der Waals surface area contributed by atoms with Gasteiger partial charge in [-0.25, -0.2) is 17.6 Å². The monoisotopic (exact) mass is 316 g/mol. The number of hydrogen-bond donors (Lipinski definition) is 0. The average molecular weight is 316 g/mol. The molecule has 6 nitrogen and oxygen atoms in total. The number of amides is 1. The number of carbonyl (C=O) groups is 1. The number of piperazine rings is 1. The fourth-order valence-corrected chi connectivity index (χ4v) is 3.61. The van der Waals surface area contributed by atoms with Crippen LogP contribution in [0.3, 0.4) is 0 Å². The molecule has 2 rings (SSSR count). The SMILES string of the molecule is CCOC(=O)N1CCN(S(=O)(=O)c2ccccc2F)CC1. The predicted octanol–water partition coefficient (Wildman–Crippen LogP) is 1.29. The largest absolute Gasteiger partial charge is 0.450 e. The van der Waals surface area contributed by atoms with E-state index >= 15 is 0 Å². The number of carbonyl (C=O) groups excluding carboxylic acids is 1. The Morgan fingerprint density at radius 2 is 1.86 bits per heavy atom. The molecule has 0 aromatic heterocycles. The summed E-state index contributed by atoms with van der Waals surface area (Å²) < 4.78 is 44.4. The molecule has 1 aromatic rings. The lowest BCUT2D eigenvalue weighted by atomic mass is 10.3. The van der Waals surface area contributed by atoms with Gasteiger partial charge < -0.3 is 9.64 Å². The summed E-state index contributed by atoms with van der Waals surface area (Å²) in [5.74, 6) is -0.773. The topological polar surface area (TPSA) is 66.9 Å². The molecule has 1 amide bonds. The van der Waals surface area contributed by atoms with E-state index in [1.807, 2.05) is 0 Å². The van der Waals surface area contributed by atoms with E-state index in [-0.39, 0.29) is 37.7 Å². The molecule has 1 aliphatic rings. The summed E-state index contributed by atoms with van der Waals surface area (Å²) in [6.07, 6.45) is -0.458. The molecule has 0 N–H and O–H groups in total. The third kappa shape index (κ3) is 3.33. The van der Waals surface area contributed by atoms with Gasteiger partial charge in [-0.2, -0.15) is 4.31 Å². The predicted molar refractivity (Wildman–Crippen MR) is 73.8 cm³/mol. The Balaban J connectivity index is 2.08. The van der Waals surface area contributed by atoms with Gasteiger partial charge in [-0.05, 0) is 19.1 Å². The minimum Gasteiger partial charge on any atom is -0.450 e. The first kappa shape index (κ1) is 15.7. The number of halogens is 1. The Morgan fingerprint density at radius 3 is 2.43 bits per heavy atom. The molecule has 1 aromatic carbocycles. The summed E-state index contributed by atoms with van der Waals surface area (Å²) in [6.45, 7) is 2.67. The Labute approximate surface area is 123 Å². The molecule has 21 heavy (non-hydrogen) atoms. The van der Waals surface area contributed by atoms with Gasteiger partial charge in [0.25, 0.3) is 0 Å². The Hall–Kier alpha value is -1.67. The molecule has 0 aliphatic carbocycles. The van der Waals surface area contributed by atoms with Gasteiger partial charge in [0.2, 0.25) is 10.0 Å². The van der Waals surface area contributed by atoms with Crippen LogP contribution in [0.5, 0.6) is 0 Å². The van der Waals surface area contributed by atoms with Crippen LogP contribution in [0.2, 0.25) is 0 Å². The molecule has 1 fully saturated rings. The molecule has 0 bridgehead atoms. The number of rotatable bonds is 3. The van der Waals surface area contributed by atoms with Crippen LogP contribution in [0, 0.1) is 5.82 Å². The van der Waals surface area contributed by atoms with Crippen molar-refractivity contribution in [1.29, 1.82) is 0 Å². The van der Waals surface area contributed by atoms with Crippen molar-refractivity contribution in [1.82, 2.24) is 9.21 Å². The van der Waals surface area contributed by atoms with Gasteiger partial charge >= 0.3 is 6.09 Å². The summed E-state index contributed by atoms with van der Waals surface area (Å²) in [6, 6.07) is 5.27. The van der Waals surface area contributed by atoms with E-state index in [1.165, 1.54) is 27.4 Å². The van der Waals surface area contributed by atoms with Crippen LogP contribution in [0.25, 0.3) is 0 Å². The number of nitrogens with zero attached hydrogens (tertiary/aromatic N) is 2. The van der Waals surface area contributed by atoms with Crippen molar-refractivity contribution in [3.05, 3.63) is 30.1 Å². The molecule has 0 spiro atoms. The van der Waals surface area contributed by atoms with Gasteiger partial charge in [0, 0.05) is 26.2 Å². The zero-order chi connectivity index (χ0) is 15.5. The first-order valence-corrected chi connectivity index (χ1v) is 8.07. The van der Waals surface area contributed by atoms with Crippen molar-refractivity contribution in [2.24, 2.45) is 0 Å². The quantitative estimate of drug-likeness (QED) is 0.843. The summed E-state index contributed by atoms with van der Waals surface area (Å²) in [5, 5.41) is 0. The normalized spacial score (nSPS) is 16.8. The van der Waals surface area contributed by atoms with Gasteiger partial charge in [-0.3, -0.25) is 0 Å². The van der Waals surface area contributed by atoms with E-state index in [1.54, 1.807) is 6.92 Å². The van der Waals surface area contributed by atoms with Gasteiger partial charge in [0.1, 0.15) is 10.7 Å². The van der Waals surface area contributed by atoms with Crippen molar-refractivity contribution in [3.63, 3.8) is 0 Å². The highest BCUT2D eigenvalue weighted by Crippen LogP contribution is 2.20. The van der Waals surface area contributed by atoms with Gasteiger partial charge in [-0.15, -0.1) is 0 Å². The van der Waals surface area contributed by atoms with E-state index in [4.69, 9.17) is 4.74 Å². The Kier molecular flexibility index (Phi) is 4.79. The maximum absolute atomic E-state index is 13.7. The van der Waals surface area contributed by atoms with Crippen LogP contribution < -0.4 is 0 Å². The first-order valence-electron chi connectivity index (χ1n) is 6.63. The number of ether oxygens (including phenoxy) is 1. The lowest BCUT2D eigenvalue weighted by Crippen LogP contribution is -2.50. The second-order valence-electron chi connectivity index (χ2n) is 4.52. The van der Waals surface area contributed by atoms with E-state index < -0.39 is 21.9 Å². The van der Waals surface area contributed by atoms with E-state index in [9.17, 15) is 17.6 Å². The summed E-state index contributed by atoms with van der Waals surface area (Å²) >= 11 is 0. The lowest BCUT2D eigenvalue weighted by Gasteiger charge is -2.33. The Morgan fingerprint density at radius 1 is 1.24 bits per heavy atom. The molecule has 1 aliphatic heterocycles. The smallest absolute Gasteiger partial charge is 0.409 e. The van der Waals surface area contributed by atoms with Crippen molar-refractivity contribution in [2.75, 3.05) is 32.8 Å². The molecule has 0 saturated carbocycles. The number of hydrogen-bond acceptors (Lipinski definition) is 4. The van der Waals surface area contributed by atoms with Crippen LogP contribution in [0.15, 0.2) is 29.2 Å². The zero-order valence-electron chi connectivity index (χ0n) is 11.7. The van der Waals surface area contributed by atoms with Gasteiger partial charge in [-0.1, -0.05) is 12.1 Å². The van der Waals surface area contributed by atoms with E-state index in [0.717, 1.165) is 6.07 Å². The van der Waals surface area contributed by atoms with Crippen LogP contribution in [0.1, 0.15) is 6.92 Å². The van der Waals surface area contributed by atoms with Crippen molar-refractivity contribution < 1.29 is 22.3 Å². The first-order chi connectivity index (χ1) is 9.96. The number of sulfonamides is 1. The summed E-state index contributed by atoms with van der Waals surface area (Å²) in [7, 11) is -3.87. The van der Waals surface area contributed by atoms with Gasteiger partial charge in [0.05, 0.1) is 6.61 Å². The minimum atomic E-state index is -3.87. The molecule has 1 saturated heterocycles. The van der Waals surface area contributed by atoms with Crippen LogP contribution in [-0.2, 0) is 14.8 Å². The fraction of sp³-hybridized carbons (Fsp3) is 0.462. The van der Waals surface area contributed by atoms with Crippen LogP contribution in [0.4, 0.5) is 9.18 Å². The minimum absolute atomic E-state index is 0.121. The molecule has 8 heteroatoms. The van der Waals surface area contributed by atoms with E-state index in [2.05, 4.69) is 0 Å². The fourth-order valence-electron chi connectivity index (χ4n) is 2.12. The van der Waals surface area contributed by atoms with Crippen molar-refractivity contribution >= 4 is 16.1 Å². The van der Waals surface area contributed by atoms with Gasteiger partial charge in [0.15, 0.2) is 0 Å². The third-order valence-electron chi connectivity index (χ3n) is 3.22. The van der Waals surface area contributed by atoms with E-state index in [0.29, 0.717) is 0 Å². The highest BCUT2D eigenvalue weighted by molar-refractivity contribution is 7.89. The zero-order valence-corrected chi connectivity index (χ0v) is 12.5. The average Bonchev–Trinajstić information content (AvgIpc) is 2.48. The lowest BCUT2D eigenvalue weighted by molar-refractivity contribution is 0.0933. The standard InChI is InChI=1S/C13H17FN2O4S/c1-2-20-13(17)15-7-9-16(10-8-15)21(18,19)12-6-4-3-5-11(12)14/h3-6H,2,7-10H2,1H3. The van der Waals surface area contributed by atoms with Crippen LogP contribution in [-0.4, -0.2) is 56.5 Å². The second kappa shape index (κ2) is 6.40. The van der Waals surface area contributed by atoms with Crippen molar-refractivity contribution in [2.45, 2.75) is 11.8 Å². The van der Waals surface area contributed by atoms with Crippen LogP contribution >= 0.6 is 0 Å². The molecular weight excluding hydrogens is 299 g/mol. The molecular formula is C13H17FN2O4S.